The van der Waals surface area contributed by atoms with Crippen LogP contribution < -0.4 is 5.32 Å². The van der Waals surface area contributed by atoms with Crippen molar-refractivity contribution in [2.75, 3.05) is 13.2 Å². The Bertz CT molecular complexity index is 578. The largest absolute Gasteiger partial charge is 0.394 e. The van der Waals surface area contributed by atoms with Gasteiger partial charge in [-0.2, -0.15) is 0 Å². The molecule has 3 N–H and O–H groups in total. The number of aliphatic hydroxyl groups excluding tert-OH is 2. The lowest BCUT2D eigenvalue weighted by atomic mass is 10.1. The molecule has 0 bridgehead atoms. The van der Waals surface area contributed by atoms with Gasteiger partial charge < -0.3 is 15.5 Å². The van der Waals surface area contributed by atoms with Crippen molar-refractivity contribution in [1.82, 2.24) is 5.32 Å². The Morgan fingerprint density at radius 2 is 1.67 bits per heavy atom. The summed E-state index contributed by atoms with van der Waals surface area (Å²) >= 11 is 0. The summed E-state index contributed by atoms with van der Waals surface area (Å²) < 4.78 is 26.0. The van der Waals surface area contributed by atoms with E-state index in [9.17, 15) is 19.0 Å². The Hall–Kier alpha value is -1.82. The fourth-order valence-corrected chi connectivity index (χ4v) is 2.06. The van der Waals surface area contributed by atoms with Gasteiger partial charge in [0.15, 0.2) is 11.6 Å². The van der Waals surface area contributed by atoms with Crippen LogP contribution in [0.25, 0.3) is 0 Å². The first-order chi connectivity index (χ1) is 10.1. The molecular formula is C16H17F2NO2. The molecule has 2 atom stereocenters. The number of rotatable bonds is 6. The maximum absolute atomic E-state index is 13.1. The summed E-state index contributed by atoms with van der Waals surface area (Å²) in [6, 6.07) is 12.3. The molecule has 2 aromatic carbocycles. The molecule has 21 heavy (non-hydrogen) atoms. The lowest BCUT2D eigenvalue weighted by Gasteiger charge is -2.19. The third-order valence-electron chi connectivity index (χ3n) is 3.27. The van der Waals surface area contributed by atoms with Crippen molar-refractivity contribution in [2.24, 2.45) is 0 Å². The number of benzene rings is 2. The third kappa shape index (κ3) is 4.07. The van der Waals surface area contributed by atoms with Crippen LogP contribution in [0.2, 0.25) is 0 Å². The highest BCUT2D eigenvalue weighted by molar-refractivity contribution is 5.21. The summed E-state index contributed by atoms with van der Waals surface area (Å²) in [7, 11) is 0. The molecule has 0 aromatic heterocycles. The van der Waals surface area contributed by atoms with E-state index in [0.717, 1.165) is 17.7 Å². The second-order valence-electron chi connectivity index (χ2n) is 4.74. The molecule has 0 aliphatic rings. The summed E-state index contributed by atoms with van der Waals surface area (Å²) in [6.07, 6.45) is -0.988. The number of nitrogens with one attached hydrogen (secondary N) is 1. The zero-order valence-electron chi connectivity index (χ0n) is 11.3. The first kappa shape index (κ1) is 15.6. The summed E-state index contributed by atoms with van der Waals surface area (Å²) in [6.45, 7) is -0.0142. The second-order valence-corrected chi connectivity index (χ2v) is 4.74. The van der Waals surface area contributed by atoms with Crippen LogP contribution in [-0.2, 0) is 0 Å². The molecule has 0 heterocycles. The van der Waals surface area contributed by atoms with Crippen molar-refractivity contribution < 1.29 is 19.0 Å². The molecule has 3 nitrogen and oxygen atoms in total. The van der Waals surface area contributed by atoms with Crippen molar-refractivity contribution in [3.8, 4) is 0 Å². The first-order valence-corrected chi connectivity index (χ1v) is 6.64. The van der Waals surface area contributed by atoms with Gasteiger partial charge in [-0.1, -0.05) is 36.4 Å². The molecule has 0 saturated carbocycles. The lowest BCUT2D eigenvalue weighted by Crippen LogP contribution is -2.28. The van der Waals surface area contributed by atoms with E-state index in [-0.39, 0.29) is 24.8 Å². The molecule has 0 amide bonds. The van der Waals surface area contributed by atoms with Crippen molar-refractivity contribution in [2.45, 2.75) is 12.1 Å². The molecular weight excluding hydrogens is 276 g/mol. The SMILES string of the molecule is OCC(NCC(O)c1ccc(F)c(F)c1)c1ccccc1. The van der Waals surface area contributed by atoms with Crippen LogP contribution in [0, 0.1) is 11.6 Å². The van der Waals surface area contributed by atoms with E-state index in [1.165, 1.54) is 6.07 Å². The van der Waals surface area contributed by atoms with Crippen LogP contribution >= 0.6 is 0 Å². The predicted octanol–water partition coefficient (Wildman–Crippen LogP) is 2.32. The van der Waals surface area contributed by atoms with E-state index in [1.807, 2.05) is 30.3 Å². The summed E-state index contributed by atoms with van der Waals surface area (Å²) in [5.41, 5.74) is 1.17. The standard InChI is InChI=1S/C16H17F2NO2/c17-13-7-6-12(8-14(13)18)16(21)9-19-15(10-20)11-4-2-1-3-5-11/h1-8,15-16,19-21H,9-10H2. The Morgan fingerprint density at radius 3 is 2.29 bits per heavy atom. The second kappa shape index (κ2) is 7.26. The fourth-order valence-electron chi connectivity index (χ4n) is 2.06. The summed E-state index contributed by atoms with van der Waals surface area (Å²) in [5.74, 6) is -1.94. The number of aliphatic hydroxyl groups is 2. The molecule has 0 aliphatic carbocycles. The van der Waals surface area contributed by atoms with Crippen molar-refractivity contribution >= 4 is 0 Å². The molecule has 112 valence electrons. The van der Waals surface area contributed by atoms with E-state index < -0.39 is 17.7 Å². The van der Waals surface area contributed by atoms with Gasteiger partial charge in [0.1, 0.15) is 0 Å². The van der Waals surface area contributed by atoms with E-state index >= 15 is 0 Å². The van der Waals surface area contributed by atoms with Gasteiger partial charge in [0.05, 0.1) is 18.8 Å². The molecule has 2 aromatic rings. The number of hydrogen-bond acceptors (Lipinski definition) is 3. The molecule has 2 rings (SSSR count). The van der Waals surface area contributed by atoms with Crippen LogP contribution in [0.5, 0.6) is 0 Å². The van der Waals surface area contributed by atoms with Crippen LogP contribution in [0.4, 0.5) is 8.78 Å². The quantitative estimate of drug-likeness (QED) is 0.766. The molecule has 0 spiro atoms. The third-order valence-corrected chi connectivity index (χ3v) is 3.27. The van der Waals surface area contributed by atoms with E-state index in [2.05, 4.69) is 5.32 Å². The minimum Gasteiger partial charge on any atom is -0.394 e. The van der Waals surface area contributed by atoms with Gasteiger partial charge in [0, 0.05) is 6.54 Å². The highest BCUT2D eigenvalue weighted by Gasteiger charge is 2.14. The maximum Gasteiger partial charge on any atom is 0.159 e. The van der Waals surface area contributed by atoms with Crippen molar-refractivity contribution in [3.05, 3.63) is 71.3 Å². The summed E-state index contributed by atoms with van der Waals surface area (Å²) in [5, 5.41) is 22.4. The smallest absolute Gasteiger partial charge is 0.159 e. The topological polar surface area (TPSA) is 52.5 Å². The average Bonchev–Trinajstić information content (AvgIpc) is 2.51. The fraction of sp³-hybridized carbons (Fsp3) is 0.250. The van der Waals surface area contributed by atoms with Gasteiger partial charge in [-0.05, 0) is 23.3 Å². The average molecular weight is 293 g/mol. The minimum absolute atomic E-state index is 0.116. The van der Waals surface area contributed by atoms with Gasteiger partial charge in [0.2, 0.25) is 0 Å². The minimum atomic E-state index is -0.992. The number of hydrogen-bond donors (Lipinski definition) is 3. The van der Waals surface area contributed by atoms with Gasteiger partial charge in [-0.25, -0.2) is 8.78 Å². The van der Waals surface area contributed by atoms with Gasteiger partial charge in [0.25, 0.3) is 0 Å². The predicted molar refractivity (Wildman–Crippen MR) is 75.6 cm³/mol. The highest BCUT2D eigenvalue weighted by Crippen LogP contribution is 2.17. The normalized spacial score (nSPS) is 13.9. The van der Waals surface area contributed by atoms with Crippen LogP contribution in [0.3, 0.4) is 0 Å². The van der Waals surface area contributed by atoms with Crippen molar-refractivity contribution in [3.63, 3.8) is 0 Å². The first-order valence-electron chi connectivity index (χ1n) is 6.64. The van der Waals surface area contributed by atoms with E-state index in [4.69, 9.17) is 0 Å². The van der Waals surface area contributed by atoms with E-state index in [1.54, 1.807) is 0 Å². The molecule has 0 saturated heterocycles. The van der Waals surface area contributed by atoms with Gasteiger partial charge >= 0.3 is 0 Å². The Morgan fingerprint density at radius 1 is 0.952 bits per heavy atom. The van der Waals surface area contributed by atoms with Crippen LogP contribution in [0.15, 0.2) is 48.5 Å². The Kier molecular flexibility index (Phi) is 5.38. The maximum atomic E-state index is 13.1. The van der Waals surface area contributed by atoms with Gasteiger partial charge in [-0.3, -0.25) is 0 Å². The zero-order valence-corrected chi connectivity index (χ0v) is 11.3. The Balaban J connectivity index is 1.99. The number of halogens is 2. The molecule has 0 aliphatic heterocycles. The van der Waals surface area contributed by atoms with Crippen LogP contribution in [-0.4, -0.2) is 23.4 Å². The van der Waals surface area contributed by atoms with Gasteiger partial charge in [-0.15, -0.1) is 0 Å². The zero-order chi connectivity index (χ0) is 15.2. The monoisotopic (exact) mass is 293 g/mol. The van der Waals surface area contributed by atoms with E-state index in [0.29, 0.717) is 0 Å². The van der Waals surface area contributed by atoms with Crippen molar-refractivity contribution in [1.29, 1.82) is 0 Å². The Labute approximate surface area is 121 Å². The summed E-state index contributed by atoms with van der Waals surface area (Å²) in [4.78, 5) is 0. The molecule has 5 heteroatoms. The molecule has 0 fully saturated rings. The lowest BCUT2D eigenvalue weighted by molar-refractivity contribution is 0.158. The highest BCUT2D eigenvalue weighted by atomic mass is 19.2. The van der Waals surface area contributed by atoms with Crippen LogP contribution in [0.1, 0.15) is 23.3 Å². The molecule has 0 radical (unpaired) electrons. The molecule has 2 unspecified atom stereocenters.